The topological polar surface area (TPSA) is 92.5 Å². The normalized spacial score (nSPS) is 9.82. The number of anilines is 3. The SMILES string of the molecule is N#CCCn1nc(Nc2ccccc2)nc1N. The van der Waals surface area contributed by atoms with E-state index in [0.717, 1.165) is 5.69 Å². The number of benzene rings is 1. The number of hydrogen-bond donors (Lipinski definition) is 2. The Hall–Kier alpha value is -2.55. The summed E-state index contributed by atoms with van der Waals surface area (Å²) in [7, 11) is 0. The smallest absolute Gasteiger partial charge is 0.248 e. The van der Waals surface area contributed by atoms with Gasteiger partial charge < -0.3 is 11.1 Å². The first kappa shape index (κ1) is 11.0. The lowest BCUT2D eigenvalue weighted by atomic mass is 10.3. The van der Waals surface area contributed by atoms with Gasteiger partial charge in [0.05, 0.1) is 19.0 Å². The van der Waals surface area contributed by atoms with E-state index in [2.05, 4.69) is 15.4 Å². The third kappa shape index (κ3) is 2.72. The molecule has 1 aromatic carbocycles. The second-order valence-corrected chi connectivity index (χ2v) is 3.42. The molecule has 17 heavy (non-hydrogen) atoms. The van der Waals surface area contributed by atoms with Crippen LogP contribution in [0.25, 0.3) is 0 Å². The second-order valence-electron chi connectivity index (χ2n) is 3.42. The molecule has 0 saturated carbocycles. The molecule has 0 saturated heterocycles. The second kappa shape index (κ2) is 4.99. The minimum absolute atomic E-state index is 0.304. The number of nitrogens with zero attached hydrogens (tertiary/aromatic N) is 4. The van der Waals surface area contributed by atoms with E-state index in [9.17, 15) is 0 Å². The number of para-hydroxylation sites is 1. The molecular formula is C11H12N6. The van der Waals surface area contributed by atoms with Crippen molar-refractivity contribution in [1.82, 2.24) is 14.8 Å². The van der Waals surface area contributed by atoms with E-state index in [1.165, 1.54) is 4.68 Å². The fourth-order valence-electron chi connectivity index (χ4n) is 1.38. The van der Waals surface area contributed by atoms with E-state index < -0.39 is 0 Å². The van der Waals surface area contributed by atoms with Gasteiger partial charge in [0.1, 0.15) is 0 Å². The van der Waals surface area contributed by atoms with Gasteiger partial charge in [0.2, 0.25) is 11.9 Å². The quantitative estimate of drug-likeness (QED) is 0.827. The van der Waals surface area contributed by atoms with E-state index in [4.69, 9.17) is 11.0 Å². The van der Waals surface area contributed by atoms with Gasteiger partial charge in [-0.3, -0.25) is 0 Å². The number of nitrogens with two attached hydrogens (primary N) is 1. The highest BCUT2D eigenvalue weighted by Crippen LogP contribution is 2.13. The van der Waals surface area contributed by atoms with Crippen LogP contribution in [0.3, 0.4) is 0 Å². The number of nitriles is 1. The molecule has 0 aliphatic rings. The summed E-state index contributed by atoms with van der Waals surface area (Å²) < 4.78 is 1.51. The van der Waals surface area contributed by atoms with Crippen LogP contribution in [0, 0.1) is 11.3 Å². The first-order valence-corrected chi connectivity index (χ1v) is 5.19. The Morgan fingerprint density at radius 3 is 2.82 bits per heavy atom. The largest absolute Gasteiger partial charge is 0.368 e. The zero-order valence-electron chi connectivity index (χ0n) is 9.17. The van der Waals surface area contributed by atoms with Gasteiger partial charge in [0.25, 0.3) is 0 Å². The van der Waals surface area contributed by atoms with Crippen molar-refractivity contribution in [2.45, 2.75) is 13.0 Å². The predicted molar refractivity (Wildman–Crippen MR) is 64.4 cm³/mol. The van der Waals surface area contributed by atoms with Gasteiger partial charge >= 0.3 is 0 Å². The molecule has 2 rings (SSSR count). The molecule has 0 atom stereocenters. The van der Waals surface area contributed by atoms with E-state index >= 15 is 0 Å². The van der Waals surface area contributed by atoms with Crippen LogP contribution >= 0.6 is 0 Å². The molecule has 3 N–H and O–H groups in total. The van der Waals surface area contributed by atoms with Gasteiger partial charge in [0, 0.05) is 5.69 Å². The molecule has 0 spiro atoms. The Morgan fingerprint density at radius 1 is 1.35 bits per heavy atom. The highest BCUT2D eigenvalue weighted by atomic mass is 15.4. The van der Waals surface area contributed by atoms with Gasteiger partial charge in [-0.2, -0.15) is 10.2 Å². The summed E-state index contributed by atoms with van der Waals surface area (Å²) >= 11 is 0. The van der Waals surface area contributed by atoms with Crippen LogP contribution in [-0.4, -0.2) is 14.8 Å². The summed E-state index contributed by atoms with van der Waals surface area (Å²) in [6.45, 7) is 0.450. The van der Waals surface area contributed by atoms with Crippen LogP contribution in [0.15, 0.2) is 30.3 Å². The molecule has 2 aromatic rings. The van der Waals surface area contributed by atoms with Crippen LogP contribution in [0.1, 0.15) is 6.42 Å². The molecule has 86 valence electrons. The Morgan fingerprint density at radius 2 is 2.12 bits per heavy atom. The summed E-state index contributed by atoms with van der Waals surface area (Å²) in [5, 5.41) is 15.7. The third-order valence-corrected chi connectivity index (χ3v) is 2.17. The zero-order chi connectivity index (χ0) is 12.1. The number of nitrogen functional groups attached to an aromatic ring is 1. The summed E-state index contributed by atoms with van der Waals surface area (Å²) in [6, 6.07) is 11.6. The first-order chi connectivity index (χ1) is 8.29. The van der Waals surface area contributed by atoms with Crippen LogP contribution in [-0.2, 0) is 6.54 Å². The number of rotatable bonds is 4. The summed E-state index contributed by atoms with van der Waals surface area (Å²) in [6.07, 6.45) is 0.359. The average Bonchev–Trinajstić information content (AvgIpc) is 2.68. The Balaban J connectivity index is 2.10. The molecule has 0 bridgehead atoms. The standard InChI is InChI=1S/C11H12N6/c12-7-4-8-17-10(13)15-11(16-17)14-9-5-2-1-3-6-9/h1-3,5-6H,4,8H2,(H3,13,14,15,16). The lowest BCUT2D eigenvalue weighted by Crippen LogP contribution is -2.04. The molecule has 0 aliphatic carbocycles. The lowest BCUT2D eigenvalue weighted by Gasteiger charge is -1.99. The van der Waals surface area contributed by atoms with Crippen LogP contribution < -0.4 is 11.1 Å². The summed E-state index contributed by atoms with van der Waals surface area (Å²) in [4.78, 5) is 4.07. The van der Waals surface area contributed by atoms with Crippen molar-refractivity contribution in [2.75, 3.05) is 11.1 Å². The van der Waals surface area contributed by atoms with Crippen molar-refractivity contribution in [3.05, 3.63) is 30.3 Å². The Labute approximate surface area is 98.7 Å². The van der Waals surface area contributed by atoms with Gasteiger partial charge in [-0.25, -0.2) is 4.68 Å². The van der Waals surface area contributed by atoms with Gasteiger partial charge in [-0.1, -0.05) is 18.2 Å². The van der Waals surface area contributed by atoms with Crippen molar-refractivity contribution in [1.29, 1.82) is 5.26 Å². The maximum absolute atomic E-state index is 8.49. The molecule has 6 heteroatoms. The number of nitrogens with one attached hydrogen (secondary N) is 1. The van der Waals surface area contributed by atoms with Crippen molar-refractivity contribution in [3.8, 4) is 6.07 Å². The highest BCUT2D eigenvalue weighted by Gasteiger charge is 2.06. The number of hydrogen-bond acceptors (Lipinski definition) is 5. The van der Waals surface area contributed by atoms with Crippen molar-refractivity contribution in [2.24, 2.45) is 0 Å². The van der Waals surface area contributed by atoms with Crippen molar-refractivity contribution in [3.63, 3.8) is 0 Å². The van der Waals surface area contributed by atoms with Gasteiger partial charge in [-0.15, -0.1) is 5.10 Å². The minimum Gasteiger partial charge on any atom is -0.368 e. The number of aryl methyl sites for hydroxylation is 1. The molecule has 0 radical (unpaired) electrons. The third-order valence-electron chi connectivity index (χ3n) is 2.17. The first-order valence-electron chi connectivity index (χ1n) is 5.19. The minimum atomic E-state index is 0.304. The van der Waals surface area contributed by atoms with E-state index in [1.54, 1.807) is 0 Å². The van der Waals surface area contributed by atoms with Crippen molar-refractivity contribution < 1.29 is 0 Å². The van der Waals surface area contributed by atoms with Crippen LogP contribution in [0.5, 0.6) is 0 Å². The lowest BCUT2D eigenvalue weighted by molar-refractivity contribution is 0.638. The molecule has 6 nitrogen and oxygen atoms in total. The maximum Gasteiger partial charge on any atom is 0.248 e. The maximum atomic E-state index is 8.49. The molecule has 0 amide bonds. The highest BCUT2D eigenvalue weighted by molar-refractivity contribution is 5.53. The van der Waals surface area contributed by atoms with Crippen LogP contribution in [0.4, 0.5) is 17.6 Å². The zero-order valence-corrected chi connectivity index (χ0v) is 9.17. The van der Waals surface area contributed by atoms with Crippen LogP contribution in [0.2, 0.25) is 0 Å². The van der Waals surface area contributed by atoms with Crippen molar-refractivity contribution >= 4 is 17.6 Å². The van der Waals surface area contributed by atoms with E-state index in [-0.39, 0.29) is 0 Å². The molecule has 1 aromatic heterocycles. The monoisotopic (exact) mass is 228 g/mol. The molecule has 0 fully saturated rings. The molecular weight excluding hydrogens is 216 g/mol. The number of aromatic nitrogens is 3. The Kier molecular flexibility index (Phi) is 3.21. The molecule has 0 aliphatic heterocycles. The predicted octanol–water partition coefficient (Wildman–Crippen LogP) is 1.52. The van der Waals surface area contributed by atoms with Gasteiger partial charge in [-0.05, 0) is 12.1 Å². The van der Waals surface area contributed by atoms with E-state index in [0.29, 0.717) is 24.9 Å². The Bertz CT molecular complexity index is 525. The summed E-state index contributed by atoms with van der Waals surface area (Å²) in [5.74, 6) is 0.741. The summed E-state index contributed by atoms with van der Waals surface area (Å²) in [5.41, 5.74) is 6.57. The fourth-order valence-corrected chi connectivity index (χ4v) is 1.38. The molecule has 0 unspecified atom stereocenters. The van der Waals surface area contributed by atoms with Gasteiger partial charge in [0.15, 0.2) is 0 Å². The van der Waals surface area contributed by atoms with E-state index in [1.807, 2.05) is 36.4 Å². The molecule has 1 heterocycles. The fraction of sp³-hybridized carbons (Fsp3) is 0.182. The average molecular weight is 228 g/mol.